The normalized spacial score (nSPS) is 11.0. The molecule has 6 nitrogen and oxygen atoms in total. The number of carbonyl (C=O) groups excluding carboxylic acids is 1. The van der Waals surface area contributed by atoms with Crippen LogP contribution >= 0.6 is 11.5 Å². The highest BCUT2D eigenvalue weighted by Crippen LogP contribution is 2.24. The number of amides is 1. The summed E-state index contributed by atoms with van der Waals surface area (Å²) >= 11 is 1.13. The fourth-order valence-electron chi connectivity index (χ4n) is 2.80. The van der Waals surface area contributed by atoms with Gasteiger partial charge in [0, 0.05) is 11.3 Å². The highest BCUT2D eigenvalue weighted by atomic mass is 32.1. The number of rotatable bonds is 5. The van der Waals surface area contributed by atoms with Crippen LogP contribution < -0.4 is 5.32 Å². The van der Waals surface area contributed by atoms with Crippen LogP contribution in [0.5, 0.6) is 0 Å². The number of nitrogens with zero attached hydrogens (tertiary/aromatic N) is 3. The van der Waals surface area contributed by atoms with Gasteiger partial charge in [0.1, 0.15) is 10.7 Å². The molecule has 0 saturated heterocycles. The highest BCUT2D eigenvalue weighted by molar-refractivity contribution is 7.08. The van der Waals surface area contributed by atoms with Gasteiger partial charge in [0.15, 0.2) is 0 Å². The third-order valence-corrected chi connectivity index (χ3v) is 4.80. The van der Waals surface area contributed by atoms with E-state index in [4.69, 9.17) is 0 Å². The Labute approximate surface area is 154 Å². The largest absolute Gasteiger partial charge is 0.338 e. The number of aryl methyl sites for hydroxylation is 1. The van der Waals surface area contributed by atoms with E-state index in [0.717, 1.165) is 52.5 Å². The van der Waals surface area contributed by atoms with Gasteiger partial charge in [-0.15, -0.1) is 5.10 Å². The van der Waals surface area contributed by atoms with Gasteiger partial charge in [-0.2, -0.15) is 0 Å². The molecule has 0 aliphatic rings. The van der Waals surface area contributed by atoms with Crippen LogP contribution in [0.4, 0.5) is 5.69 Å². The molecule has 0 unspecified atom stereocenters. The van der Waals surface area contributed by atoms with E-state index in [1.54, 1.807) is 0 Å². The molecule has 0 aliphatic heterocycles. The summed E-state index contributed by atoms with van der Waals surface area (Å²) in [4.78, 5) is 21.0. The minimum absolute atomic E-state index is 0.176. The zero-order valence-electron chi connectivity index (χ0n) is 14.2. The number of H-pyrrole nitrogens is 1. The zero-order chi connectivity index (χ0) is 17.9. The molecule has 2 aromatic heterocycles. The minimum atomic E-state index is -0.176. The van der Waals surface area contributed by atoms with Crippen molar-refractivity contribution in [2.24, 2.45) is 0 Å². The molecule has 7 heteroatoms. The van der Waals surface area contributed by atoms with Gasteiger partial charge in [0.05, 0.1) is 16.7 Å². The maximum Gasteiger partial charge on any atom is 0.269 e. The number of para-hydroxylation sites is 2. The molecule has 2 aromatic carbocycles. The standard InChI is InChI=1S/C19H17N5OS/c1-2-6-16-17(26-24-23-16)19(25)20-13-8-5-7-12(11-13)18-21-14-9-3-4-10-15(14)22-18/h3-5,7-11H,2,6H2,1H3,(H,20,25)(H,21,22). The lowest BCUT2D eigenvalue weighted by Gasteiger charge is -2.06. The first-order valence-electron chi connectivity index (χ1n) is 8.42. The zero-order valence-corrected chi connectivity index (χ0v) is 15.0. The van der Waals surface area contributed by atoms with Gasteiger partial charge >= 0.3 is 0 Å². The Morgan fingerprint density at radius 1 is 1.19 bits per heavy atom. The predicted molar refractivity (Wildman–Crippen MR) is 103 cm³/mol. The molecule has 4 rings (SSSR count). The van der Waals surface area contributed by atoms with Crippen molar-refractivity contribution in [2.45, 2.75) is 19.8 Å². The summed E-state index contributed by atoms with van der Waals surface area (Å²) in [6, 6.07) is 15.5. The summed E-state index contributed by atoms with van der Waals surface area (Å²) in [6.07, 6.45) is 1.67. The monoisotopic (exact) mass is 363 g/mol. The summed E-state index contributed by atoms with van der Waals surface area (Å²) in [6.45, 7) is 2.05. The molecular weight excluding hydrogens is 346 g/mol. The number of hydrogen-bond donors (Lipinski definition) is 2. The second-order valence-corrected chi connectivity index (χ2v) is 6.69. The molecule has 2 N–H and O–H groups in total. The molecule has 0 spiro atoms. The molecule has 130 valence electrons. The van der Waals surface area contributed by atoms with Crippen molar-refractivity contribution in [1.82, 2.24) is 19.6 Å². The third kappa shape index (κ3) is 3.21. The number of carbonyl (C=O) groups is 1. The average molecular weight is 363 g/mol. The maximum absolute atomic E-state index is 12.6. The van der Waals surface area contributed by atoms with E-state index < -0.39 is 0 Å². The van der Waals surface area contributed by atoms with Gasteiger partial charge in [0.2, 0.25) is 0 Å². The van der Waals surface area contributed by atoms with Gasteiger partial charge in [-0.05, 0) is 42.2 Å². The van der Waals surface area contributed by atoms with Crippen LogP contribution in [0.15, 0.2) is 48.5 Å². The number of aromatic nitrogens is 4. The van der Waals surface area contributed by atoms with Gasteiger partial charge < -0.3 is 10.3 Å². The second kappa shape index (κ2) is 7.05. The maximum atomic E-state index is 12.6. The van der Waals surface area contributed by atoms with Crippen LogP contribution in [-0.4, -0.2) is 25.5 Å². The van der Waals surface area contributed by atoms with Crippen LogP contribution in [0.3, 0.4) is 0 Å². The van der Waals surface area contributed by atoms with Crippen LogP contribution in [0.2, 0.25) is 0 Å². The summed E-state index contributed by atoms with van der Waals surface area (Å²) in [5.41, 5.74) is 4.27. The Morgan fingerprint density at radius 2 is 2.08 bits per heavy atom. The smallest absolute Gasteiger partial charge is 0.269 e. The first kappa shape index (κ1) is 16.4. The first-order valence-corrected chi connectivity index (χ1v) is 9.19. The van der Waals surface area contributed by atoms with E-state index in [2.05, 4.69) is 31.8 Å². The second-order valence-electron chi connectivity index (χ2n) is 5.94. The van der Waals surface area contributed by atoms with Crippen molar-refractivity contribution in [3.63, 3.8) is 0 Å². The predicted octanol–water partition coefficient (Wildman–Crippen LogP) is 4.29. The molecule has 0 atom stereocenters. The lowest BCUT2D eigenvalue weighted by Crippen LogP contribution is -2.12. The Kier molecular flexibility index (Phi) is 4.45. The lowest BCUT2D eigenvalue weighted by atomic mass is 10.2. The highest BCUT2D eigenvalue weighted by Gasteiger charge is 2.16. The van der Waals surface area contributed by atoms with E-state index in [-0.39, 0.29) is 5.91 Å². The molecular formula is C19H17N5OS. The number of nitrogens with one attached hydrogen (secondary N) is 2. The minimum Gasteiger partial charge on any atom is -0.338 e. The van der Waals surface area contributed by atoms with E-state index in [9.17, 15) is 4.79 Å². The average Bonchev–Trinajstić information content (AvgIpc) is 3.29. The number of imidazole rings is 1. The number of fused-ring (bicyclic) bond motifs is 1. The molecule has 1 amide bonds. The molecule has 0 aliphatic carbocycles. The Bertz CT molecular complexity index is 1040. The van der Waals surface area contributed by atoms with Crippen molar-refractivity contribution >= 4 is 34.2 Å². The van der Waals surface area contributed by atoms with Crippen LogP contribution in [-0.2, 0) is 6.42 Å². The van der Waals surface area contributed by atoms with Crippen LogP contribution in [0.25, 0.3) is 22.4 Å². The summed E-state index contributed by atoms with van der Waals surface area (Å²) in [5.74, 6) is 0.596. The Hall–Kier alpha value is -3.06. The lowest BCUT2D eigenvalue weighted by molar-refractivity contribution is 0.102. The number of hydrogen-bond acceptors (Lipinski definition) is 5. The molecule has 2 heterocycles. The molecule has 0 saturated carbocycles. The van der Waals surface area contributed by atoms with Gasteiger partial charge in [0.25, 0.3) is 5.91 Å². The van der Waals surface area contributed by atoms with Crippen molar-refractivity contribution in [3.8, 4) is 11.4 Å². The number of aromatic amines is 1. The molecule has 0 radical (unpaired) electrons. The quantitative estimate of drug-likeness (QED) is 0.554. The molecule has 26 heavy (non-hydrogen) atoms. The third-order valence-electron chi connectivity index (χ3n) is 4.03. The van der Waals surface area contributed by atoms with Gasteiger partial charge in [-0.25, -0.2) is 4.98 Å². The number of anilines is 1. The SMILES string of the molecule is CCCc1nnsc1C(=O)Nc1cccc(-c2nc3ccccc3[nH]2)c1. The Balaban J connectivity index is 1.59. The number of benzene rings is 2. The van der Waals surface area contributed by atoms with Crippen molar-refractivity contribution in [3.05, 3.63) is 59.1 Å². The topological polar surface area (TPSA) is 83.6 Å². The van der Waals surface area contributed by atoms with Crippen LogP contribution in [0, 0.1) is 0 Å². The first-order chi connectivity index (χ1) is 12.7. The van der Waals surface area contributed by atoms with Gasteiger partial charge in [-0.1, -0.05) is 42.1 Å². The van der Waals surface area contributed by atoms with E-state index in [1.807, 2.05) is 48.5 Å². The summed E-state index contributed by atoms with van der Waals surface area (Å²) in [7, 11) is 0. The van der Waals surface area contributed by atoms with Gasteiger partial charge in [-0.3, -0.25) is 4.79 Å². The molecule has 4 aromatic rings. The fourth-order valence-corrected chi connectivity index (χ4v) is 3.41. The van der Waals surface area contributed by atoms with Crippen molar-refractivity contribution in [2.75, 3.05) is 5.32 Å². The van der Waals surface area contributed by atoms with Crippen molar-refractivity contribution < 1.29 is 4.79 Å². The van der Waals surface area contributed by atoms with E-state index in [0.29, 0.717) is 10.6 Å². The molecule has 0 bridgehead atoms. The fraction of sp³-hybridized carbons (Fsp3) is 0.158. The Morgan fingerprint density at radius 3 is 2.92 bits per heavy atom. The van der Waals surface area contributed by atoms with Crippen LogP contribution in [0.1, 0.15) is 28.7 Å². The van der Waals surface area contributed by atoms with E-state index >= 15 is 0 Å². The van der Waals surface area contributed by atoms with E-state index in [1.165, 1.54) is 0 Å². The summed E-state index contributed by atoms with van der Waals surface area (Å²) in [5, 5.41) is 6.99. The molecule has 0 fully saturated rings. The van der Waals surface area contributed by atoms with Crippen molar-refractivity contribution in [1.29, 1.82) is 0 Å². The summed E-state index contributed by atoms with van der Waals surface area (Å²) < 4.78 is 3.91.